The summed E-state index contributed by atoms with van der Waals surface area (Å²) >= 11 is 1.48. The highest BCUT2D eigenvalue weighted by Gasteiger charge is 2.16. The average Bonchev–Trinajstić information content (AvgIpc) is 3.11. The van der Waals surface area contributed by atoms with Crippen molar-refractivity contribution in [3.63, 3.8) is 0 Å². The predicted molar refractivity (Wildman–Crippen MR) is 110 cm³/mol. The topological polar surface area (TPSA) is 77.5 Å². The van der Waals surface area contributed by atoms with Crippen molar-refractivity contribution in [2.24, 2.45) is 0 Å². The average molecular weight is 396 g/mol. The molecular weight excluding hydrogens is 376 g/mol. The molecule has 0 spiro atoms. The molecule has 1 heterocycles. The Bertz CT molecular complexity index is 962. The third kappa shape index (κ3) is 5.17. The molecule has 3 aromatic rings. The van der Waals surface area contributed by atoms with Gasteiger partial charge in [0.1, 0.15) is 10.8 Å². The zero-order valence-electron chi connectivity index (χ0n) is 15.5. The van der Waals surface area contributed by atoms with E-state index in [4.69, 9.17) is 9.47 Å². The first-order chi connectivity index (χ1) is 13.5. The summed E-state index contributed by atoms with van der Waals surface area (Å²) in [5, 5.41) is 3.40. The quantitative estimate of drug-likeness (QED) is 0.476. The third-order valence-corrected chi connectivity index (χ3v) is 4.77. The van der Waals surface area contributed by atoms with Gasteiger partial charge in [-0.05, 0) is 56.3 Å². The molecule has 3 rings (SSSR count). The number of amides is 1. The van der Waals surface area contributed by atoms with Crippen molar-refractivity contribution in [2.75, 3.05) is 11.9 Å². The van der Waals surface area contributed by atoms with Crippen molar-refractivity contribution < 1.29 is 19.1 Å². The fraction of sp³-hybridized carbons (Fsp3) is 0.190. The number of esters is 1. The standard InChI is InChI=1S/C21H20N2O4S/c1-3-26-16-10-8-15(9-11-16)22-21(25)14(2)27-20(24)13-12-19-23-17-6-4-5-7-18(17)28-19/h4-14H,3H2,1-2H3,(H,22,25)/b13-12+/t14-/m0/s1. The van der Waals surface area contributed by atoms with Crippen LogP contribution in [0.5, 0.6) is 5.75 Å². The molecule has 2 aromatic carbocycles. The fourth-order valence-electron chi connectivity index (χ4n) is 2.41. The number of thiazole rings is 1. The van der Waals surface area contributed by atoms with Gasteiger partial charge in [0, 0.05) is 11.8 Å². The number of nitrogens with one attached hydrogen (secondary N) is 1. The zero-order valence-corrected chi connectivity index (χ0v) is 16.4. The van der Waals surface area contributed by atoms with Gasteiger partial charge in [0.15, 0.2) is 6.10 Å². The summed E-state index contributed by atoms with van der Waals surface area (Å²) < 4.78 is 11.6. The van der Waals surface area contributed by atoms with Gasteiger partial charge in [-0.15, -0.1) is 11.3 Å². The van der Waals surface area contributed by atoms with Gasteiger partial charge in [-0.25, -0.2) is 9.78 Å². The highest BCUT2D eigenvalue weighted by molar-refractivity contribution is 7.19. The summed E-state index contributed by atoms with van der Waals surface area (Å²) in [6, 6.07) is 14.7. The van der Waals surface area contributed by atoms with Gasteiger partial charge in [0.2, 0.25) is 0 Å². The number of para-hydroxylation sites is 1. The Morgan fingerprint density at radius 3 is 2.64 bits per heavy atom. The van der Waals surface area contributed by atoms with Gasteiger partial charge in [-0.2, -0.15) is 0 Å². The van der Waals surface area contributed by atoms with E-state index in [1.165, 1.54) is 24.3 Å². The molecule has 0 aliphatic heterocycles. The minimum absolute atomic E-state index is 0.411. The smallest absolute Gasteiger partial charge is 0.331 e. The van der Waals surface area contributed by atoms with Crippen LogP contribution in [0.2, 0.25) is 0 Å². The van der Waals surface area contributed by atoms with E-state index in [0.29, 0.717) is 17.3 Å². The molecule has 0 radical (unpaired) electrons. The highest BCUT2D eigenvalue weighted by atomic mass is 32.1. The van der Waals surface area contributed by atoms with E-state index in [2.05, 4.69) is 10.3 Å². The van der Waals surface area contributed by atoms with Crippen molar-refractivity contribution in [2.45, 2.75) is 20.0 Å². The van der Waals surface area contributed by atoms with Crippen molar-refractivity contribution in [3.05, 3.63) is 59.6 Å². The minimum Gasteiger partial charge on any atom is -0.494 e. The van der Waals surface area contributed by atoms with Crippen molar-refractivity contribution in [3.8, 4) is 5.75 Å². The molecule has 28 heavy (non-hydrogen) atoms. The summed E-state index contributed by atoms with van der Waals surface area (Å²) in [6.07, 6.45) is 1.93. The number of nitrogens with zero attached hydrogens (tertiary/aromatic N) is 1. The molecule has 1 aromatic heterocycles. The van der Waals surface area contributed by atoms with Crippen LogP contribution >= 0.6 is 11.3 Å². The molecule has 0 saturated carbocycles. The monoisotopic (exact) mass is 396 g/mol. The summed E-state index contributed by atoms with van der Waals surface area (Å²) in [4.78, 5) is 28.6. The van der Waals surface area contributed by atoms with Crippen LogP contribution in [0, 0.1) is 0 Å². The molecule has 1 N–H and O–H groups in total. The van der Waals surface area contributed by atoms with Crippen LogP contribution < -0.4 is 10.1 Å². The maximum atomic E-state index is 12.2. The molecule has 0 saturated heterocycles. The fourth-order valence-corrected chi connectivity index (χ4v) is 3.28. The Morgan fingerprint density at radius 1 is 1.18 bits per heavy atom. The van der Waals surface area contributed by atoms with Crippen LogP contribution in [-0.4, -0.2) is 29.6 Å². The van der Waals surface area contributed by atoms with Crippen LogP contribution in [0.3, 0.4) is 0 Å². The SMILES string of the molecule is CCOc1ccc(NC(=O)[C@H](C)OC(=O)/C=C/c2nc3ccccc3s2)cc1. The molecule has 1 amide bonds. The molecule has 0 unspecified atom stereocenters. The van der Waals surface area contributed by atoms with E-state index in [-0.39, 0.29) is 0 Å². The Kier molecular flexibility index (Phi) is 6.39. The van der Waals surface area contributed by atoms with E-state index in [1.807, 2.05) is 31.2 Å². The lowest BCUT2D eigenvalue weighted by Crippen LogP contribution is -2.29. The minimum atomic E-state index is -0.931. The van der Waals surface area contributed by atoms with Gasteiger partial charge < -0.3 is 14.8 Å². The van der Waals surface area contributed by atoms with Crippen molar-refractivity contribution >= 4 is 45.2 Å². The summed E-state index contributed by atoms with van der Waals surface area (Å²) in [6.45, 7) is 3.99. The molecule has 7 heteroatoms. The van der Waals surface area contributed by atoms with Crippen LogP contribution in [-0.2, 0) is 14.3 Å². The summed E-state index contributed by atoms with van der Waals surface area (Å²) in [7, 11) is 0. The predicted octanol–water partition coefficient (Wildman–Crippen LogP) is 4.28. The summed E-state index contributed by atoms with van der Waals surface area (Å²) in [5.74, 6) is -0.292. The first-order valence-electron chi connectivity index (χ1n) is 8.83. The Labute approximate surface area is 166 Å². The van der Waals surface area contributed by atoms with E-state index < -0.39 is 18.0 Å². The lowest BCUT2D eigenvalue weighted by Gasteiger charge is -2.12. The van der Waals surface area contributed by atoms with Crippen molar-refractivity contribution in [1.82, 2.24) is 4.98 Å². The lowest BCUT2D eigenvalue weighted by atomic mass is 10.3. The van der Waals surface area contributed by atoms with Gasteiger partial charge in [0.25, 0.3) is 5.91 Å². The highest BCUT2D eigenvalue weighted by Crippen LogP contribution is 2.22. The van der Waals surface area contributed by atoms with Crippen LogP contribution in [0.15, 0.2) is 54.6 Å². The number of ether oxygens (including phenoxy) is 2. The molecule has 0 aliphatic carbocycles. The third-order valence-electron chi connectivity index (χ3n) is 3.77. The van der Waals surface area contributed by atoms with Crippen LogP contribution in [0.1, 0.15) is 18.9 Å². The second-order valence-electron chi connectivity index (χ2n) is 5.88. The number of anilines is 1. The molecule has 144 valence electrons. The normalized spacial score (nSPS) is 12.1. The van der Waals surface area contributed by atoms with E-state index >= 15 is 0 Å². The molecule has 0 fully saturated rings. The van der Waals surface area contributed by atoms with Crippen LogP contribution in [0.4, 0.5) is 5.69 Å². The Morgan fingerprint density at radius 2 is 1.93 bits per heavy atom. The van der Waals surface area contributed by atoms with Gasteiger partial charge in [-0.3, -0.25) is 4.79 Å². The number of hydrogen-bond donors (Lipinski definition) is 1. The zero-order chi connectivity index (χ0) is 19.9. The van der Waals surface area contributed by atoms with Crippen molar-refractivity contribution in [1.29, 1.82) is 0 Å². The second kappa shape index (κ2) is 9.14. The maximum Gasteiger partial charge on any atom is 0.331 e. The molecule has 6 nitrogen and oxygen atoms in total. The number of carbonyl (C=O) groups is 2. The van der Waals surface area contributed by atoms with E-state index in [0.717, 1.165) is 16.0 Å². The first kappa shape index (κ1) is 19.6. The number of hydrogen-bond acceptors (Lipinski definition) is 6. The van der Waals surface area contributed by atoms with Crippen LogP contribution in [0.25, 0.3) is 16.3 Å². The van der Waals surface area contributed by atoms with Gasteiger partial charge in [-0.1, -0.05) is 12.1 Å². The summed E-state index contributed by atoms with van der Waals surface area (Å²) in [5.41, 5.74) is 1.48. The largest absolute Gasteiger partial charge is 0.494 e. The number of rotatable bonds is 7. The van der Waals surface area contributed by atoms with E-state index in [1.54, 1.807) is 30.3 Å². The maximum absolute atomic E-state index is 12.2. The number of benzene rings is 2. The Balaban J connectivity index is 1.53. The molecule has 0 bridgehead atoms. The molecular formula is C21H20N2O4S. The van der Waals surface area contributed by atoms with E-state index in [9.17, 15) is 9.59 Å². The second-order valence-corrected chi connectivity index (χ2v) is 6.94. The molecule has 0 aliphatic rings. The first-order valence-corrected chi connectivity index (χ1v) is 9.65. The van der Waals surface area contributed by atoms with Gasteiger partial charge >= 0.3 is 5.97 Å². The lowest BCUT2D eigenvalue weighted by molar-refractivity contribution is -0.148. The van der Waals surface area contributed by atoms with Gasteiger partial charge in [0.05, 0.1) is 16.8 Å². The number of carbonyl (C=O) groups excluding carboxylic acids is 2. The number of fused-ring (bicyclic) bond motifs is 1. The number of aromatic nitrogens is 1. The molecule has 1 atom stereocenters. The Hall–Kier alpha value is -3.19.